The fraction of sp³-hybridized carbons (Fsp3) is 0.273. The highest BCUT2D eigenvalue weighted by Gasteiger charge is 2.56. The van der Waals surface area contributed by atoms with Gasteiger partial charge in [-0.25, -0.2) is 9.59 Å². The molecule has 0 atom stereocenters. The average Bonchev–Trinajstić information content (AvgIpc) is 2.72. The van der Waals surface area contributed by atoms with E-state index in [0.717, 1.165) is 22.3 Å². The van der Waals surface area contributed by atoms with E-state index in [1.165, 1.54) is 14.2 Å². The van der Waals surface area contributed by atoms with E-state index in [2.05, 4.69) is 12.1 Å². The van der Waals surface area contributed by atoms with Crippen molar-refractivity contribution in [2.45, 2.75) is 11.3 Å². The molecule has 5 rings (SSSR count). The van der Waals surface area contributed by atoms with E-state index in [9.17, 15) is 9.59 Å². The van der Waals surface area contributed by atoms with Crippen molar-refractivity contribution in [3.8, 4) is 0 Å². The lowest BCUT2D eigenvalue weighted by Gasteiger charge is -2.50. The van der Waals surface area contributed by atoms with Gasteiger partial charge in [0.25, 0.3) is 0 Å². The van der Waals surface area contributed by atoms with Crippen LogP contribution >= 0.6 is 11.8 Å². The molecule has 0 aromatic heterocycles. The van der Waals surface area contributed by atoms with E-state index < -0.39 is 17.4 Å². The second-order valence-corrected chi connectivity index (χ2v) is 7.58. The maximum absolute atomic E-state index is 13.0. The van der Waals surface area contributed by atoms with Crippen molar-refractivity contribution in [1.82, 2.24) is 0 Å². The zero-order valence-corrected chi connectivity index (χ0v) is 16.3. The maximum atomic E-state index is 13.0. The Balaban J connectivity index is 2.19. The molecule has 0 saturated heterocycles. The molecule has 2 bridgehead atoms. The summed E-state index contributed by atoms with van der Waals surface area (Å²) >= 11 is 1.64. The van der Waals surface area contributed by atoms with Crippen molar-refractivity contribution < 1.29 is 19.1 Å². The van der Waals surface area contributed by atoms with Gasteiger partial charge in [-0.1, -0.05) is 48.5 Å². The first-order valence-electron chi connectivity index (χ1n) is 8.70. The van der Waals surface area contributed by atoms with Gasteiger partial charge >= 0.3 is 11.9 Å². The van der Waals surface area contributed by atoms with E-state index in [1.54, 1.807) is 11.8 Å². The van der Waals surface area contributed by atoms with E-state index in [-0.39, 0.29) is 5.92 Å². The molecule has 0 amide bonds. The van der Waals surface area contributed by atoms with E-state index in [1.807, 2.05) is 42.7 Å². The normalized spacial score (nSPS) is 22.1. The Kier molecular flexibility index (Phi) is 4.35. The molecule has 2 aromatic rings. The summed E-state index contributed by atoms with van der Waals surface area (Å²) in [5.74, 6) is -0.658. The number of rotatable bonds is 4. The predicted octanol–water partition coefficient (Wildman–Crippen LogP) is 3.44. The van der Waals surface area contributed by atoms with Gasteiger partial charge in [0.2, 0.25) is 0 Å². The highest BCUT2D eigenvalue weighted by molar-refractivity contribution is 7.98. The topological polar surface area (TPSA) is 52.6 Å². The Morgan fingerprint density at radius 1 is 0.926 bits per heavy atom. The van der Waals surface area contributed by atoms with Crippen molar-refractivity contribution in [2.24, 2.45) is 0 Å². The molecule has 138 valence electrons. The lowest BCUT2D eigenvalue weighted by Crippen LogP contribution is -2.48. The van der Waals surface area contributed by atoms with Crippen LogP contribution in [0.5, 0.6) is 0 Å². The molecule has 0 fully saturated rings. The van der Waals surface area contributed by atoms with Gasteiger partial charge in [-0.3, -0.25) is 0 Å². The number of thioether (sulfide) groups is 1. The van der Waals surface area contributed by atoms with Gasteiger partial charge in [0.1, 0.15) is 0 Å². The standard InChI is InChI=1S/C22H20O4S/c1-25-20(23)18-17-13-8-4-6-10-15(13)22(12-27-3,19(18)21(24)26-2)16-11-7-5-9-14(16)17/h4-11,17H,12H2,1-3H3. The average molecular weight is 380 g/mol. The molecule has 0 saturated carbocycles. The fourth-order valence-corrected chi connectivity index (χ4v) is 5.59. The summed E-state index contributed by atoms with van der Waals surface area (Å²) in [5.41, 5.74) is 4.31. The SMILES string of the molecule is COC(=O)C1=C(C(=O)OC)C2(CSC)c3ccccc3C1c1ccccc12. The Morgan fingerprint density at radius 2 is 1.44 bits per heavy atom. The van der Waals surface area contributed by atoms with Crippen LogP contribution in [-0.2, 0) is 24.5 Å². The monoisotopic (exact) mass is 380 g/mol. The van der Waals surface area contributed by atoms with Crippen LogP contribution in [0.2, 0.25) is 0 Å². The molecule has 5 heteroatoms. The Labute approximate surface area is 162 Å². The first-order valence-corrected chi connectivity index (χ1v) is 10.1. The van der Waals surface area contributed by atoms with Crippen LogP contribution < -0.4 is 0 Å². The molecule has 0 heterocycles. The zero-order valence-electron chi connectivity index (χ0n) is 15.4. The molecule has 4 nitrogen and oxygen atoms in total. The van der Waals surface area contributed by atoms with Gasteiger partial charge in [0.05, 0.1) is 30.8 Å². The number of carbonyl (C=O) groups excluding carboxylic acids is 2. The third-order valence-corrected chi connectivity index (χ3v) is 6.33. The summed E-state index contributed by atoms with van der Waals surface area (Å²) in [6.07, 6.45) is 2.01. The highest BCUT2D eigenvalue weighted by atomic mass is 32.2. The van der Waals surface area contributed by atoms with Crippen molar-refractivity contribution >= 4 is 23.7 Å². The molecular formula is C22H20O4S. The molecule has 3 aliphatic carbocycles. The van der Waals surface area contributed by atoms with Crippen LogP contribution in [0.15, 0.2) is 59.7 Å². The van der Waals surface area contributed by atoms with Gasteiger partial charge in [-0.05, 0) is 28.5 Å². The zero-order chi connectivity index (χ0) is 19.2. The number of hydrogen-bond donors (Lipinski definition) is 0. The van der Waals surface area contributed by atoms with E-state index in [4.69, 9.17) is 9.47 Å². The second kappa shape index (κ2) is 6.57. The number of hydrogen-bond acceptors (Lipinski definition) is 5. The molecular weight excluding hydrogens is 360 g/mol. The van der Waals surface area contributed by atoms with Crippen molar-refractivity contribution in [3.63, 3.8) is 0 Å². The van der Waals surface area contributed by atoms with Gasteiger partial charge in [-0.2, -0.15) is 11.8 Å². The van der Waals surface area contributed by atoms with E-state index >= 15 is 0 Å². The van der Waals surface area contributed by atoms with Crippen LogP contribution in [-0.4, -0.2) is 38.2 Å². The minimum absolute atomic E-state index is 0.331. The lowest BCUT2D eigenvalue weighted by molar-refractivity contribution is -0.140. The maximum Gasteiger partial charge on any atom is 0.335 e. The summed E-state index contributed by atoms with van der Waals surface area (Å²) < 4.78 is 10.3. The lowest BCUT2D eigenvalue weighted by atomic mass is 9.53. The van der Waals surface area contributed by atoms with E-state index in [0.29, 0.717) is 16.9 Å². The third-order valence-electron chi connectivity index (χ3n) is 5.60. The highest BCUT2D eigenvalue weighted by Crippen LogP contribution is 2.60. The molecule has 0 N–H and O–H groups in total. The third kappa shape index (κ3) is 2.24. The molecule has 0 aliphatic heterocycles. The summed E-state index contributed by atoms with van der Waals surface area (Å²) in [6.45, 7) is 0. The number of esters is 2. The van der Waals surface area contributed by atoms with Crippen LogP contribution in [0.25, 0.3) is 0 Å². The van der Waals surface area contributed by atoms with Crippen LogP contribution in [0.3, 0.4) is 0 Å². The molecule has 2 aromatic carbocycles. The first kappa shape index (κ1) is 17.9. The Bertz CT molecular complexity index is 928. The van der Waals surface area contributed by atoms with Crippen LogP contribution in [0.4, 0.5) is 0 Å². The molecule has 27 heavy (non-hydrogen) atoms. The fourth-order valence-electron chi connectivity index (χ4n) is 4.70. The second-order valence-electron chi connectivity index (χ2n) is 6.72. The number of benzene rings is 2. The Morgan fingerprint density at radius 3 is 1.93 bits per heavy atom. The minimum Gasteiger partial charge on any atom is -0.466 e. The van der Waals surface area contributed by atoms with Crippen molar-refractivity contribution in [1.29, 1.82) is 0 Å². The van der Waals surface area contributed by atoms with Gasteiger partial charge < -0.3 is 9.47 Å². The van der Waals surface area contributed by atoms with Crippen LogP contribution in [0, 0.1) is 0 Å². The van der Waals surface area contributed by atoms with Crippen LogP contribution in [0.1, 0.15) is 28.2 Å². The predicted molar refractivity (Wildman–Crippen MR) is 105 cm³/mol. The number of ether oxygens (including phenoxy) is 2. The molecule has 0 unspecified atom stereocenters. The largest absolute Gasteiger partial charge is 0.466 e. The minimum atomic E-state index is -0.738. The van der Waals surface area contributed by atoms with Gasteiger partial charge in [0, 0.05) is 11.7 Å². The number of methoxy groups -OCH3 is 2. The smallest absolute Gasteiger partial charge is 0.335 e. The number of carbonyl (C=O) groups is 2. The molecule has 0 radical (unpaired) electrons. The van der Waals surface area contributed by atoms with Gasteiger partial charge in [0.15, 0.2) is 0 Å². The molecule has 3 aliphatic rings. The first-order chi connectivity index (χ1) is 13.1. The summed E-state index contributed by atoms with van der Waals surface area (Å²) in [4.78, 5) is 25.8. The Hall–Kier alpha value is -2.53. The summed E-state index contributed by atoms with van der Waals surface area (Å²) in [7, 11) is 2.71. The van der Waals surface area contributed by atoms with Crippen molar-refractivity contribution in [2.75, 3.05) is 26.2 Å². The van der Waals surface area contributed by atoms with Gasteiger partial charge in [-0.15, -0.1) is 0 Å². The summed E-state index contributed by atoms with van der Waals surface area (Å²) in [5, 5.41) is 0. The summed E-state index contributed by atoms with van der Waals surface area (Å²) in [6, 6.07) is 16.1. The molecule has 0 spiro atoms. The van der Waals surface area contributed by atoms with Crippen molar-refractivity contribution in [3.05, 3.63) is 81.9 Å². The quantitative estimate of drug-likeness (QED) is 0.761.